The molecule has 5 heteroatoms. The maximum atomic E-state index is 12.4. The fourth-order valence-electron chi connectivity index (χ4n) is 2.34. The van der Waals surface area contributed by atoms with Crippen molar-refractivity contribution in [1.29, 1.82) is 0 Å². The van der Waals surface area contributed by atoms with Gasteiger partial charge in [0.05, 0.1) is 16.6 Å². The van der Waals surface area contributed by atoms with Gasteiger partial charge in [0.15, 0.2) is 0 Å². The molecule has 0 radical (unpaired) electrons. The molecule has 0 saturated carbocycles. The average Bonchev–Trinajstić information content (AvgIpc) is 3.10. The molecule has 2 aromatic heterocycles. The van der Waals surface area contributed by atoms with Gasteiger partial charge in [-0.3, -0.25) is 10.1 Å². The lowest BCUT2D eigenvalue weighted by atomic mass is 10.2. The van der Waals surface area contributed by atoms with Gasteiger partial charge in [-0.1, -0.05) is 30.3 Å². The zero-order chi connectivity index (χ0) is 14.2. The van der Waals surface area contributed by atoms with Gasteiger partial charge in [-0.25, -0.2) is 4.98 Å². The second kappa shape index (κ2) is 4.71. The molecule has 2 aromatic carbocycles. The van der Waals surface area contributed by atoms with E-state index < -0.39 is 0 Å². The predicted octanol–water partition coefficient (Wildman–Crippen LogP) is 4.03. The minimum absolute atomic E-state index is 0.147. The topological polar surface area (TPSA) is 57.8 Å². The van der Waals surface area contributed by atoms with Crippen LogP contribution in [0.4, 0.5) is 5.95 Å². The number of thiophene rings is 1. The van der Waals surface area contributed by atoms with Gasteiger partial charge in [-0.2, -0.15) is 0 Å². The molecule has 0 atom stereocenters. The maximum Gasteiger partial charge on any atom is 0.259 e. The number of rotatable bonds is 2. The quantitative estimate of drug-likeness (QED) is 0.586. The summed E-state index contributed by atoms with van der Waals surface area (Å²) in [6.07, 6.45) is 0. The molecule has 4 rings (SSSR count). The molecule has 2 heterocycles. The molecular formula is C16H11N3OS. The van der Waals surface area contributed by atoms with Crippen LogP contribution in [0.2, 0.25) is 0 Å². The largest absolute Gasteiger partial charge is 0.324 e. The average molecular weight is 293 g/mol. The summed E-state index contributed by atoms with van der Waals surface area (Å²) in [5.41, 5.74) is 2.42. The molecule has 4 aromatic rings. The highest BCUT2D eigenvalue weighted by Crippen LogP contribution is 2.26. The minimum Gasteiger partial charge on any atom is -0.324 e. The van der Waals surface area contributed by atoms with Crippen molar-refractivity contribution in [3.63, 3.8) is 0 Å². The Bertz CT molecular complexity index is 921. The van der Waals surface area contributed by atoms with Crippen LogP contribution in [0.15, 0.2) is 53.9 Å². The SMILES string of the molecule is O=C(Nc1nc2ccccc2[nH]1)c1csc2ccccc12. The van der Waals surface area contributed by atoms with Crippen LogP contribution in [-0.2, 0) is 0 Å². The molecule has 1 amide bonds. The first-order valence-electron chi connectivity index (χ1n) is 6.53. The third-order valence-electron chi connectivity index (χ3n) is 3.35. The molecule has 21 heavy (non-hydrogen) atoms. The summed E-state index contributed by atoms with van der Waals surface area (Å²) in [6.45, 7) is 0. The van der Waals surface area contributed by atoms with E-state index in [9.17, 15) is 4.79 Å². The zero-order valence-electron chi connectivity index (χ0n) is 11.0. The van der Waals surface area contributed by atoms with Gasteiger partial charge < -0.3 is 4.98 Å². The van der Waals surface area contributed by atoms with Gasteiger partial charge in [0, 0.05) is 15.5 Å². The molecule has 0 fully saturated rings. The molecule has 2 N–H and O–H groups in total. The summed E-state index contributed by atoms with van der Waals surface area (Å²) in [5, 5.41) is 5.67. The van der Waals surface area contributed by atoms with Crippen LogP contribution in [-0.4, -0.2) is 15.9 Å². The van der Waals surface area contributed by atoms with Crippen LogP contribution in [0.5, 0.6) is 0 Å². The summed E-state index contributed by atoms with van der Waals surface area (Å²) < 4.78 is 1.10. The summed E-state index contributed by atoms with van der Waals surface area (Å²) >= 11 is 1.57. The highest BCUT2D eigenvalue weighted by molar-refractivity contribution is 7.17. The molecule has 0 unspecified atom stereocenters. The van der Waals surface area contributed by atoms with Gasteiger partial charge in [0.2, 0.25) is 5.95 Å². The molecule has 0 saturated heterocycles. The van der Waals surface area contributed by atoms with Crippen LogP contribution in [0.25, 0.3) is 21.1 Å². The number of carbonyl (C=O) groups excluding carboxylic acids is 1. The Morgan fingerprint density at radius 3 is 2.81 bits per heavy atom. The molecule has 4 nitrogen and oxygen atoms in total. The number of nitrogens with zero attached hydrogens (tertiary/aromatic N) is 1. The molecule has 0 aliphatic rings. The summed E-state index contributed by atoms with van der Waals surface area (Å²) in [6, 6.07) is 15.6. The van der Waals surface area contributed by atoms with Crippen LogP contribution >= 0.6 is 11.3 Å². The van der Waals surface area contributed by atoms with Crippen molar-refractivity contribution >= 4 is 44.3 Å². The lowest BCUT2D eigenvalue weighted by Gasteiger charge is -2.00. The van der Waals surface area contributed by atoms with Gasteiger partial charge in [0.1, 0.15) is 0 Å². The number of hydrogen-bond acceptors (Lipinski definition) is 3. The van der Waals surface area contributed by atoms with E-state index in [1.807, 2.05) is 53.9 Å². The second-order valence-corrected chi connectivity index (χ2v) is 5.61. The van der Waals surface area contributed by atoms with E-state index in [-0.39, 0.29) is 5.91 Å². The van der Waals surface area contributed by atoms with E-state index in [1.165, 1.54) is 0 Å². The number of aromatic nitrogens is 2. The number of fused-ring (bicyclic) bond motifs is 2. The van der Waals surface area contributed by atoms with Crippen molar-refractivity contribution in [2.24, 2.45) is 0 Å². The number of amides is 1. The summed E-state index contributed by atoms with van der Waals surface area (Å²) in [4.78, 5) is 19.9. The van der Waals surface area contributed by atoms with Crippen molar-refractivity contribution in [2.75, 3.05) is 5.32 Å². The summed E-state index contributed by atoms with van der Waals surface area (Å²) in [5.74, 6) is 0.322. The first kappa shape index (κ1) is 12.1. The normalized spacial score (nSPS) is 11.0. The van der Waals surface area contributed by atoms with E-state index in [2.05, 4.69) is 15.3 Å². The van der Waals surface area contributed by atoms with Gasteiger partial charge in [-0.15, -0.1) is 11.3 Å². The first-order chi connectivity index (χ1) is 10.3. The first-order valence-corrected chi connectivity index (χ1v) is 7.41. The van der Waals surface area contributed by atoms with E-state index in [4.69, 9.17) is 0 Å². The molecule has 0 spiro atoms. The lowest BCUT2D eigenvalue weighted by Crippen LogP contribution is -2.12. The van der Waals surface area contributed by atoms with E-state index in [0.717, 1.165) is 21.1 Å². The lowest BCUT2D eigenvalue weighted by molar-refractivity contribution is 0.102. The maximum absolute atomic E-state index is 12.4. The van der Waals surface area contributed by atoms with Gasteiger partial charge in [-0.05, 0) is 18.2 Å². The van der Waals surface area contributed by atoms with E-state index >= 15 is 0 Å². The van der Waals surface area contributed by atoms with Crippen LogP contribution in [0.1, 0.15) is 10.4 Å². The second-order valence-electron chi connectivity index (χ2n) is 4.70. The minimum atomic E-state index is -0.147. The number of aromatic amines is 1. The number of benzene rings is 2. The highest BCUT2D eigenvalue weighted by Gasteiger charge is 2.13. The Morgan fingerprint density at radius 1 is 1.10 bits per heavy atom. The predicted molar refractivity (Wildman–Crippen MR) is 85.9 cm³/mol. The highest BCUT2D eigenvalue weighted by atomic mass is 32.1. The Hall–Kier alpha value is -2.66. The van der Waals surface area contributed by atoms with Crippen LogP contribution < -0.4 is 5.32 Å². The molecule has 0 aliphatic carbocycles. The molecule has 102 valence electrons. The van der Waals surface area contributed by atoms with Crippen molar-refractivity contribution in [1.82, 2.24) is 9.97 Å². The smallest absolute Gasteiger partial charge is 0.259 e. The number of carbonyl (C=O) groups is 1. The van der Waals surface area contributed by atoms with E-state index in [0.29, 0.717) is 11.5 Å². The van der Waals surface area contributed by atoms with Crippen molar-refractivity contribution in [3.8, 4) is 0 Å². The molecule has 0 bridgehead atoms. The molecular weight excluding hydrogens is 282 g/mol. The third kappa shape index (κ3) is 2.08. The Morgan fingerprint density at radius 2 is 1.90 bits per heavy atom. The Kier molecular flexibility index (Phi) is 2.72. The monoisotopic (exact) mass is 293 g/mol. The summed E-state index contributed by atoms with van der Waals surface area (Å²) in [7, 11) is 0. The Balaban J connectivity index is 1.69. The van der Waals surface area contributed by atoms with Crippen LogP contribution in [0, 0.1) is 0 Å². The molecule has 0 aliphatic heterocycles. The Labute approximate surface area is 124 Å². The van der Waals surface area contributed by atoms with Crippen molar-refractivity contribution in [3.05, 3.63) is 59.5 Å². The van der Waals surface area contributed by atoms with Gasteiger partial charge in [0.25, 0.3) is 5.91 Å². The number of para-hydroxylation sites is 2. The van der Waals surface area contributed by atoms with Crippen LogP contribution in [0.3, 0.4) is 0 Å². The number of anilines is 1. The van der Waals surface area contributed by atoms with Crippen molar-refractivity contribution in [2.45, 2.75) is 0 Å². The van der Waals surface area contributed by atoms with E-state index in [1.54, 1.807) is 11.3 Å². The van der Waals surface area contributed by atoms with Gasteiger partial charge >= 0.3 is 0 Å². The number of nitrogens with one attached hydrogen (secondary N) is 2. The number of hydrogen-bond donors (Lipinski definition) is 2. The fraction of sp³-hybridized carbons (Fsp3) is 0. The number of imidazole rings is 1. The van der Waals surface area contributed by atoms with Crippen molar-refractivity contribution < 1.29 is 4.79 Å². The zero-order valence-corrected chi connectivity index (χ0v) is 11.8. The number of H-pyrrole nitrogens is 1. The fourth-order valence-corrected chi connectivity index (χ4v) is 3.28. The third-order valence-corrected chi connectivity index (χ3v) is 4.31. The standard InChI is InChI=1S/C16H11N3OS/c20-15(11-9-21-14-8-4-1-5-10(11)14)19-16-17-12-6-2-3-7-13(12)18-16/h1-9H,(H2,17,18,19,20).